The van der Waals surface area contributed by atoms with Crippen molar-refractivity contribution in [3.8, 4) is 0 Å². The van der Waals surface area contributed by atoms with E-state index >= 15 is 0 Å². The van der Waals surface area contributed by atoms with Crippen molar-refractivity contribution in [1.82, 2.24) is 10.2 Å². The van der Waals surface area contributed by atoms with Gasteiger partial charge in [-0.15, -0.1) is 0 Å². The highest BCUT2D eigenvalue weighted by Crippen LogP contribution is 2.37. The fraction of sp³-hybridized carbons (Fsp3) is 0.562. The SMILES string of the molecule is O=C(NCC1(N2CCOCC2)CCC1)c1ccccc1Br. The first kappa shape index (κ1) is 15.0. The zero-order chi connectivity index (χ0) is 14.7. The largest absolute Gasteiger partial charge is 0.379 e. The number of halogens is 1. The Kier molecular flexibility index (Phi) is 4.62. The maximum atomic E-state index is 12.4. The van der Waals surface area contributed by atoms with Gasteiger partial charge < -0.3 is 10.1 Å². The molecule has 21 heavy (non-hydrogen) atoms. The molecule has 0 bridgehead atoms. The molecule has 1 heterocycles. The van der Waals surface area contributed by atoms with Crippen LogP contribution in [0.25, 0.3) is 0 Å². The average Bonchev–Trinajstić information content (AvgIpc) is 2.47. The third-order valence-electron chi connectivity index (χ3n) is 4.66. The Morgan fingerprint density at radius 1 is 1.29 bits per heavy atom. The number of amides is 1. The lowest BCUT2D eigenvalue weighted by Gasteiger charge is -2.51. The third kappa shape index (κ3) is 3.15. The molecule has 0 spiro atoms. The first-order valence-electron chi connectivity index (χ1n) is 7.57. The van der Waals surface area contributed by atoms with Crippen LogP contribution in [-0.2, 0) is 4.74 Å². The predicted molar refractivity (Wildman–Crippen MR) is 85.4 cm³/mol. The summed E-state index contributed by atoms with van der Waals surface area (Å²) in [4.78, 5) is 14.9. The van der Waals surface area contributed by atoms with Gasteiger partial charge in [0.25, 0.3) is 5.91 Å². The molecule has 1 saturated carbocycles. The summed E-state index contributed by atoms with van der Waals surface area (Å²) in [5.41, 5.74) is 0.856. The van der Waals surface area contributed by atoms with Gasteiger partial charge in [0.2, 0.25) is 0 Å². The molecule has 5 heteroatoms. The van der Waals surface area contributed by atoms with Crippen LogP contribution in [0.5, 0.6) is 0 Å². The second-order valence-corrected chi connectivity index (χ2v) is 6.69. The van der Waals surface area contributed by atoms with E-state index in [2.05, 4.69) is 26.1 Å². The lowest BCUT2D eigenvalue weighted by atomic mass is 9.75. The smallest absolute Gasteiger partial charge is 0.252 e. The zero-order valence-electron chi connectivity index (χ0n) is 12.1. The Morgan fingerprint density at radius 2 is 2.00 bits per heavy atom. The minimum Gasteiger partial charge on any atom is -0.379 e. The van der Waals surface area contributed by atoms with Crippen LogP contribution in [0.3, 0.4) is 0 Å². The second-order valence-electron chi connectivity index (χ2n) is 5.84. The molecule has 1 N–H and O–H groups in total. The summed E-state index contributed by atoms with van der Waals surface area (Å²) in [5, 5.41) is 3.13. The lowest BCUT2D eigenvalue weighted by Crippen LogP contribution is -2.62. The fourth-order valence-electron chi connectivity index (χ4n) is 3.21. The van der Waals surface area contributed by atoms with E-state index in [4.69, 9.17) is 4.74 Å². The molecule has 1 saturated heterocycles. The summed E-state index contributed by atoms with van der Waals surface area (Å²) in [7, 11) is 0. The van der Waals surface area contributed by atoms with Gasteiger partial charge in [-0.1, -0.05) is 12.1 Å². The average molecular weight is 353 g/mol. The van der Waals surface area contributed by atoms with Gasteiger partial charge in [0.05, 0.1) is 18.8 Å². The standard InChI is InChI=1S/C16H21BrN2O2/c17-14-5-2-1-4-13(14)15(20)18-12-16(6-3-7-16)19-8-10-21-11-9-19/h1-2,4-5H,3,6-12H2,(H,18,20). The molecule has 0 radical (unpaired) electrons. The second kappa shape index (κ2) is 6.46. The van der Waals surface area contributed by atoms with Gasteiger partial charge in [-0.2, -0.15) is 0 Å². The summed E-state index contributed by atoms with van der Waals surface area (Å²) in [6.45, 7) is 4.29. The summed E-state index contributed by atoms with van der Waals surface area (Å²) < 4.78 is 6.28. The normalized spacial score (nSPS) is 21.6. The number of benzene rings is 1. The maximum Gasteiger partial charge on any atom is 0.252 e. The fourth-order valence-corrected chi connectivity index (χ4v) is 3.68. The summed E-state index contributed by atoms with van der Waals surface area (Å²) in [6, 6.07) is 7.56. The van der Waals surface area contributed by atoms with E-state index in [0.717, 1.165) is 37.3 Å². The van der Waals surface area contributed by atoms with Gasteiger partial charge in [0.1, 0.15) is 0 Å². The number of hydrogen-bond donors (Lipinski definition) is 1. The molecule has 114 valence electrons. The molecule has 1 aromatic rings. The van der Waals surface area contributed by atoms with Gasteiger partial charge in [-0.25, -0.2) is 0 Å². The molecule has 0 aromatic heterocycles. The Bertz CT molecular complexity index is 511. The van der Waals surface area contributed by atoms with Crippen molar-refractivity contribution in [2.24, 2.45) is 0 Å². The van der Waals surface area contributed by atoms with Gasteiger partial charge in [-0.3, -0.25) is 9.69 Å². The quantitative estimate of drug-likeness (QED) is 0.904. The van der Waals surface area contributed by atoms with Crippen molar-refractivity contribution in [2.45, 2.75) is 24.8 Å². The van der Waals surface area contributed by atoms with Crippen molar-refractivity contribution in [2.75, 3.05) is 32.8 Å². The first-order valence-corrected chi connectivity index (χ1v) is 8.36. The maximum absolute atomic E-state index is 12.4. The first-order chi connectivity index (χ1) is 10.2. The van der Waals surface area contributed by atoms with Crippen LogP contribution in [-0.4, -0.2) is 49.2 Å². The van der Waals surface area contributed by atoms with E-state index in [9.17, 15) is 4.79 Å². The molecule has 2 aliphatic rings. The number of nitrogens with one attached hydrogen (secondary N) is 1. The van der Waals surface area contributed by atoms with E-state index in [0.29, 0.717) is 5.56 Å². The van der Waals surface area contributed by atoms with Crippen LogP contribution in [0.1, 0.15) is 29.6 Å². The van der Waals surface area contributed by atoms with Crippen LogP contribution >= 0.6 is 15.9 Å². The summed E-state index contributed by atoms with van der Waals surface area (Å²) >= 11 is 3.44. The molecule has 1 amide bonds. The van der Waals surface area contributed by atoms with Crippen molar-refractivity contribution in [3.05, 3.63) is 34.3 Å². The van der Waals surface area contributed by atoms with Gasteiger partial charge in [0.15, 0.2) is 0 Å². The Balaban J connectivity index is 1.63. The summed E-state index contributed by atoms with van der Waals surface area (Å²) in [5.74, 6) is 0.00186. The molecular formula is C16H21BrN2O2. The van der Waals surface area contributed by atoms with Crippen LogP contribution in [0.4, 0.5) is 0 Å². The van der Waals surface area contributed by atoms with E-state index in [1.807, 2.05) is 24.3 Å². The Hall–Kier alpha value is -0.910. The molecule has 1 aromatic carbocycles. The summed E-state index contributed by atoms with van der Waals surface area (Å²) in [6.07, 6.45) is 3.59. The minimum atomic E-state index is 0.00186. The minimum absolute atomic E-state index is 0.00186. The van der Waals surface area contributed by atoms with Crippen molar-refractivity contribution >= 4 is 21.8 Å². The highest BCUT2D eigenvalue weighted by atomic mass is 79.9. The van der Waals surface area contributed by atoms with Crippen molar-refractivity contribution < 1.29 is 9.53 Å². The zero-order valence-corrected chi connectivity index (χ0v) is 13.7. The highest BCUT2D eigenvalue weighted by molar-refractivity contribution is 9.10. The number of rotatable bonds is 4. The van der Waals surface area contributed by atoms with Gasteiger partial charge in [0, 0.05) is 29.6 Å². The number of ether oxygens (including phenoxy) is 1. The van der Waals surface area contributed by atoms with E-state index in [1.165, 1.54) is 19.3 Å². The third-order valence-corrected chi connectivity index (χ3v) is 5.35. The van der Waals surface area contributed by atoms with Crippen LogP contribution in [0, 0.1) is 0 Å². The number of hydrogen-bond acceptors (Lipinski definition) is 3. The number of morpholine rings is 1. The molecule has 0 unspecified atom stereocenters. The number of carbonyl (C=O) groups is 1. The Morgan fingerprint density at radius 3 is 2.62 bits per heavy atom. The molecule has 1 aliphatic heterocycles. The van der Waals surface area contributed by atoms with Gasteiger partial charge in [-0.05, 0) is 47.3 Å². The molecular weight excluding hydrogens is 332 g/mol. The molecule has 2 fully saturated rings. The lowest BCUT2D eigenvalue weighted by molar-refractivity contribution is -0.0540. The van der Waals surface area contributed by atoms with E-state index in [-0.39, 0.29) is 11.4 Å². The molecule has 1 aliphatic carbocycles. The highest BCUT2D eigenvalue weighted by Gasteiger charge is 2.43. The van der Waals surface area contributed by atoms with E-state index < -0.39 is 0 Å². The van der Waals surface area contributed by atoms with Crippen molar-refractivity contribution in [1.29, 1.82) is 0 Å². The number of carbonyl (C=O) groups excluding carboxylic acids is 1. The van der Waals surface area contributed by atoms with Crippen molar-refractivity contribution in [3.63, 3.8) is 0 Å². The van der Waals surface area contributed by atoms with Crippen LogP contribution in [0.2, 0.25) is 0 Å². The number of nitrogens with zero attached hydrogens (tertiary/aromatic N) is 1. The predicted octanol–water partition coefficient (Wildman–Crippen LogP) is 2.43. The van der Waals surface area contributed by atoms with Crippen LogP contribution < -0.4 is 5.32 Å². The molecule has 3 rings (SSSR count). The van der Waals surface area contributed by atoms with Gasteiger partial charge >= 0.3 is 0 Å². The topological polar surface area (TPSA) is 41.6 Å². The monoisotopic (exact) mass is 352 g/mol. The van der Waals surface area contributed by atoms with Crippen LogP contribution in [0.15, 0.2) is 28.7 Å². The Labute approximate surface area is 134 Å². The molecule has 0 atom stereocenters. The molecule has 4 nitrogen and oxygen atoms in total. The van der Waals surface area contributed by atoms with E-state index in [1.54, 1.807) is 0 Å².